The Morgan fingerprint density at radius 2 is 1.92 bits per heavy atom. The molecular weight excluding hydrogens is 326 g/mol. The summed E-state index contributed by atoms with van der Waals surface area (Å²) in [6.45, 7) is 1.95. The van der Waals surface area contributed by atoms with E-state index in [-0.39, 0.29) is 11.4 Å². The van der Waals surface area contributed by atoms with Gasteiger partial charge in [0.15, 0.2) is 0 Å². The number of benzene rings is 2. The van der Waals surface area contributed by atoms with Crippen molar-refractivity contribution in [3.05, 3.63) is 59.7 Å². The van der Waals surface area contributed by atoms with E-state index in [0.29, 0.717) is 12.2 Å². The molecule has 0 saturated carbocycles. The Balaban J connectivity index is 2.01. The predicted molar refractivity (Wildman–Crippen MR) is 91.4 cm³/mol. The number of aliphatic hydroxyl groups excluding tert-OH is 1. The molecule has 0 aromatic heterocycles. The van der Waals surface area contributed by atoms with Crippen LogP contribution in [0.5, 0.6) is 5.75 Å². The van der Waals surface area contributed by atoms with Gasteiger partial charge in [0.2, 0.25) is 10.0 Å². The van der Waals surface area contributed by atoms with Crippen LogP contribution >= 0.6 is 0 Å². The van der Waals surface area contributed by atoms with Crippen LogP contribution in [0.2, 0.25) is 0 Å². The Hall–Kier alpha value is -1.89. The zero-order valence-electron chi connectivity index (χ0n) is 13.7. The maximum absolute atomic E-state index is 13.1. The first kappa shape index (κ1) is 17.0. The average Bonchev–Trinajstić information content (AvgIpc) is 2.97. The van der Waals surface area contributed by atoms with Crippen LogP contribution in [0, 0.1) is 6.92 Å². The number of aryl methyl sites for hydroxylation is 1. The summed E-state index contributed by atoms with van der Waals surface area (Å²) in [6, 6.07) is 13.8. The molecule has 0 amide bonds. The number of β-amino-alcohol motifs (C(OH)–C–C–N with tert-alkyl or cyclic N) is 1. The fourth-order valence-electron chi connectivity index (χ4n) is 3.11. The van der Waals surface area contributed by atoms with Crippen molar-refractivity contribution in [2.75, 3.05) is 13.7 Å². The minimum Gasteiger partial charge on any atom is -0.497 e. The highest BCUT2D eigenvalue weighted by Gasteiger charge is 2.40. The minimum atomic E-state index is -3.68. The minimum absolute atomic E-state index is 0.0954. The van der Waals surface area contributed by atoms with E-state index in [1.54, 1.807) is 25.3 Å². The van der Waals surface area contributed by atoms with Gasteiger partial charge in [-0.05, 0) is 48.7 Å². The molecule has 6 heteroatoms. The maximum Gasteiger partial charge on any atom is 0.243 e. The molecule has 2 unspecified atom stereocenters. The van der Waals surface area contributed by atoms with Gasteiger partial charge in [0.25, 0.3) is 0 Å². The topological polar surface area (TPSA) is 66.8 Å². The third kappa shape index (κ3) is 3.17. The van der Waals surface area contributed by atoms with Crippen LogP contribution in [0.4, 0.5) is 0 Å². The van der Waals surface area contributed by atoms with Gasteiger partial charge in [-0.15, -0.1) is 0 Å². The first-order valence-electron chi connectivity index (χ1n) is 7.82. The first-order valence-corrected chi connectivity index (χ1v) is 9.26. The molecule has 2 aromatic carbocycles. The van der Waals surface area contributed by atoms with Crippen LogP contribution in [0.1, 0.15) is 23.6 Å². The monoisotopic (exact) mass is 347 g/mol. The summed E-state index contributed by atoms with van der Waals surface area (Å²) in [5.74, 6) is 0.668. The smallest absolute Gasteiger partial charge is 0.243 e. The van der Waals surface area contributed by atoms with E-state index in [2.05, 4.69) is 0 Å². The van der Waals surface area contributed by atoms with Crippen molar-refractivity contribution >= 4 is 10.0 Å². The zero-order valence-corrected chi connectivity index (χ0v) is 14.5. The van der Waals surface area contributed by atoms with E-state index < -0.39 is 22.2 Å². The number of hydrogen-bond donors (Lipinski definition) is 1. The standard InChI is InChI=1S/C18H21NO4S/c1-13-5-3-8-17(9-13)24(21,22)19-12-15(20)11-18(19)14-6-4-7-16(10-14)23-2/h3-10,15,18,20H,11-12H2,1-2H3. The van der Waals surface area contributed by atoms with Crippen molar-refractivity contribution in [2.45, 2.75) is 30.4 Å². The molecule has 128 valence electrons. The molecule has 0 bridgehead atoms. The molecule has 1 fully saturated rings. The second kappa shape index (κ2) is 6.55. The van der Waals surface area contributed by atoms with Gasteiger partial charge in [-0.3, -0.25) is 0 Å². The SMILES string of the molecule is COc1cccc(C2CC(O)CN2S(=O)(=O)c2cccc(C)c2)c1. The van der Waals surface area contributed by atoms with Gasteiger partial charge in [0.1, 0.15) is 5.75 Å². The number of aliphatic hydroxyl groups is 1. The van der Waals surface area contributed by atoms with E-state index in [1.165, 1.54) is 4.31 Å². The second-order valence-corrected chi connectivity index (χ2v) is 7.96. The summed E-state index contributed by atoms with van der Waals surface area (Å²) in [4.78, 5) is 0.254. The van der Waals surface area contributed by atoms with Gasteiger partial charge >= 0.3 is 0 Å². The number of methoxy groups -OCH3 is 1. The molecule has 1 aliphatic heterocycles. The molecule has 0 radical (unpaired) electrons. The number of nitrogens with zero attached hydrogens (tertiary/aromatic N) is 1. The van der Waals surface area contributed by atoms with Crippen molar-refractivity contribution in [3.8, 4) is 5.75 Å². The summed E-state index contributed by atoms with van der Waals surface area (Å²) in [7, 11) is -2.11. The molecular formula is C18H21NO4S. The lowest BCUT2D eigenvalue weighted by atomic mass is 10.0. The summed E-state index contributed by atoms with van der Waals surface area (Å²) < 4.78 is 32.7. The maximum atomic E-state index is 13.1. The average molecular weight is 347 g/mol. The lowest BCUT2D eigenvalue weighted by Crippen LogP contribution is -2.32. The zero-order chi connectivity index (χ0) is 17.3. The molecule has 2 atom stereocenters. The molecule has 3 rings (SSSR count). The normalized spacial score (nSPS) is 21.8. The van der Waals surface area contributed by atoms with Crippen LogP contribution in [0.3, 0.4) is 0 Å². The molecule has 5 nitrogen and oxygen atoms in total. The summed E-state index contributed by atoms with van der Waals surface area (Å²) in [6.07, 6.45) is -0.307. The highest BCUT2D eigenvalue weighted by Crippen LogP contribution is 2.37. The molecule has 1 aliphatic rings. The fourth-order valence-corrected chi connectivity index (χ4v) is 4.88. The largest absolute Gasteiger partial charge is 0.497 e. The van der Waals surface area contributed by atoms with Crippen molar-refractivity contribution in [1.29, 1.82) is 0 Å². The third-order valence-electron chi connectivity index (χ3n) is 4.31. The Kier molecular flexibility index (Phi) is 4.62. The first-order chi connectivity index (χ1) is 11.4. The van der Waals surface area contributed by atoms with Crippen LogP contribution in [0.25, 0.3) is 0 Å². The van der Waals surface area contributed by atoms with Crippen molar-refractivity contribution in [3.63, 3.8) is 0 Å². The summed E-state index contributed by atoms with van der Waals surface area (Å²) in [5.41, 5.74) is 1.70. The summed E-state index contributed by atoms with van der Waals surface area (Å²) >= 11 is 0. The van der Waals surface area contributed by atoms with Gasteiger partial charge in [0, 0.05) is 6.54 Å². The van der Waals surface area contributed by atoms with E-state index in [9.17, 15) is 13.5 Å². The fraction of sp³-hybridized carbons (Fsp3) is 0.333. The van der Waals surface area contributed by atoms with E-state index in [0.717, 1.165) is 11.1 Å². The Morgan fingerprint density at radius 3 is 2.62 bits per heavy atom. The highest BCUT2D eigenvalue weighted by atomic mass is 32.2. The van der Waals surface area contributed by atoms with Crippen molar-refractivity contribution < 1.29 is 18.3 Å². The van der Waals surface area contributed by atoms with Crippen LogP contribution in [-0.2, 0) is 10.0 Å². The number of ether oxygens (including phenoxy) is 1. The Morgan fingerprint density at radius 1 is 1.17 bits per heavy atom. The molecule has 1 saturated heterocycles. The predicted octanol–water partition coefficient (Wildman–Crippen LogP) is 2.50. The number of sulfonamides is 1. The molecule has 0 aliphatic carbocycles. The van der Waals surface area contributed by atoms with E-state index in [1.807, 2.05) is 37.3 Å². The van der Waals surface area contributed by atoms with E-state index >= 15 is 0 Å². The van der Waals surface area contributed by atoms with Gasteiger partial charge in [-0.1, -0.05) is 24.3 Å². The van der Waals surface area contributed by atoms with Gasteiger partial charge in [0.05, 0.1) is 24.2 Å². The van der Waals surface area contributed by atoms with Crippen LogP contribution in [-0.4, -0.2) is 37.6 Å². The molecule has 2 aromatic rings. The molecule has 0 spiro atoms. The third-order valence-corrected chi connectivity index (χ3v) is 6.18. The quantitative estimate of drug-likeness (QED) is 0.923. The van der Waals surface area contributed by atoms with Crippen molar-refractivity contribution in [1.82, 2.24) is 4.31 Å². The van der Waals surface area contributed by atoms with Crippen LogP contribution in [0.15, 0.2) is 53.4 Å². The molecule has 1 heterocycles. The van der Waals surface area contributed by atoms with Gasteiger partial charge in [-0.25, -0.2) is 8.42 Å². The van der Waals surface area contributed by atoms with Gasteiger partial charge < -0.3 is 9.84 Å². The summed E-state index contributed by atoms with van der Waals surface area (Å²) in [5, 5.41) is 10.1. The number of hydrogen-bond acceptors (Lipinski definition) is 4. The second-order valence-electron chi connectivity index (χ2n) is 6.07. The molecule has 24 heavy (non-hydrogen) atoms. The number of rotatable bonds is 4. The van der Waals surface area contributed by atoms with E-state index in [4.69, 9.17) is 4.74 Å². The molecule has 1 N–H and O–H groups in total. The van der Waals surface area contributed by atoms with Gasteiger partial charge in [-0.2, -0.15) is 4.31 Å². The Bertz CT molecular complexity index is 834. The highest BCUT2D eigenvalue weighted by molar-refractivity contribution is 7.89. The lowest BCUT2D eigenvalue weighted by Gasteiger charge is -2.24. The Labute approximate surface area is 142 Å². The lowest BCUT2D eigenvalue weighted by molar-refractivity contribution is 0.188. The van der Waals surface area contributed by atoms with Crippen LogP contribution < -0.4 is 4.74 Å². The van der Waals surface area contributed by atoms with Crippen molar-refractivity contribution in [2.24, 2.45) is 0 Å².